The summed E-state index contributed by atoms with van der Waals surface area (Å²) in [6, 6.07) is 0. The highest BCUT2D eigenvalue weighted by Gasteiger charge is 2.21. The van der Waals surface area contributed by atoms with Crippen LogP contribution in [0, 0.1) is 0 Å². The van der Waals surface area contributed by atoms with Gasteiger partial charge in [0.25, 0.3) is 0 Å². The molecule has 0 radical (unpaired) electrons. The quantitative estimate of drug-likeness (QED) is 0.450. The van der Waals surface area contributed by atoms with Crippen molar-refractivity contribution in [2.45, 2.75) is 91.8 Å². The highest BCUT2D eigenvalue weighted by molar-refractivity contribution is 5.69. The number of hydrogen-bond acceptors (Lipinski definition) is 4. The maximum absolute atomic E-state index is 11.8. The van der Waals surface area contributed by atoms with Gasteiger partial charge in [-0.15, -0.1) is 0 Å². The molecule has 0 spiro atoms. The third-order valence-corrected chi connectivity index (χ3v) is 3.16. The van der Waals surface area contributed by atoms with Crippen molar-refractivity contribution in [2.24, 2.45) is 0 Å². The number of hydrogen-bond donors (Lipinski definition) is 0. The van der Waals surface area contributed by atoms with E-state index in [1.54, 1.807) is 0 Å². The van der Waals surface area contributed by atoms with Crippen molar-refractivity contribution < 1.29 is 19.0 Å². The number of rotatable bonds is 10. The van der Waals surface area contributed by atoms with E-state index in [4.69, 9.17) is 14.2 Å². The Kier molecular flexibility index (Phi) is 9.88. The molecular formula is C15H30O4. The third-order valence-electron chi connectivity index (χ3n) is 3.16. The molecule has 0 aromatic rings. The summed E-state index contributed by atoms with van der Waals surface area (Å²) >= 11 is 0. The molecule has 0 N–H and O–H groups in total. The fourth-order valence-electron chi connectivity index (χ4n) is 1.33. The molecule has 19 heavy (non-hydrogen) atoms. The SMILES string of the molecule is CCC(C)OC(=O)CC(OC(C)CC)OC(C)CC. The lowest BCUT2D eigenvalue weighted by molar-refractivity contribution is -0.200. The van der Waals surface area contributed by atoms with E-state index in [1.807, 2.05) is 41.5 Å². The van der Waals surface area contributed by atoms with E-state index in [0.29, 0.717) is 0 Å². The van der Waals surface area contributed by atoms with Gasteiger partial charge in [-0.25, -0.2) is 0 Å². The molecule has 0 aromatic heterocycles. The largest absolute Gasteiger partial charge is 0.463 e. The van der Waals surface area contributed by atoms with Gasteiger partial charge in [0, 0.05) is 0 Å². The lowest BCUT2D eigenvalue weighted by Crippen LogP contribution is -2.30. The van der Waals surface area contributed by atoms with Crippen LogP contribution in [0.25, 0.3) is 0 Å². The first-order chi connectivity index (χ1) is 8.92. The molecule has 3 atom stereocenters. The number of esters is 1. The Hall–Kier alpha value is -0.610. The normalized spacial score (nSPS) is 17.6. The predicted octanol–water partition coefficient (Wildman–Crippen LogP) is 3.67. The van der Waals surface area contributed by atoms with Crippen LogP contribution in [0.5, 0.6) is 0 Å². The van der Waals surface area contributed by atoms with Gasteiger partial charge in [0.15, 0.2) is 6.29 Å². The minimum atomic E-state index is -0.513. The Morgan fingerprint density at radius 3 is 1.63 bits per heavy atom. The molecule has 0 fully saturated rings. The molecule has 0 aromatic carbocycles. The lowest BCUT2D eigenvalue weighted by Gasteiger charge is -2.25. The molecule has 3 unspecified atom stereocenters. The van der Waals surface area contributed by atoms with E-state index >= 15 is 0 Å². The summed E-state index contributed by atoms with van der Waals surface area (Å²) in [5.74, 6) is -0.258. The van der Waals surface area contributed by atoms with E-state index in [1.165, 1.54) is 0 Å². The Bertz CT molecular complexity index is 230. The zero-order chi connectivity index (χ0) is 14.8. The molecule has 0 aliphatic carbocycles. The molecule has 114 valence electrons. The Balaban J connectivity index is 4.35. The van der Waals surface area contributed by atoms with Gasteiger partial charge in [-0.05, 0) is 40.0 Å². The van der Waals surface area contributed by atoms with Gasteiger partial charge in [0.2, 0.25) is 0 Å². The van der Waals surface area contributed by atoms with Crippen LogP contribution in [-0.2, 0) is 19.0 Å². The molecule has 0 aliphatic heterocycles. The van der Waals surface area contributed by atoms with E-state index in [-0.39, 0.29) is 30.7 Å². The van der Waals surface area contributed by atoms with Crippen molar-refractivity contribution in [3.8, 4) is 0 Å². The molecule has 0 saturated carbocycles. The average molecular weight is 274 g/mol. The second-order valence-electron chi connectivity index (χ2n) is 5.05. The van der Waals surface area contributed by atoms with Gasteiger partial charge in [0.1, 0.15) is 0 Å². The summed E-state index contributed by atoms with van der Waals surface area (Å²) in [4.78, 5) is 11.8. The smallest absolute Gasteiger partial charge is 0.311 e. The van der Waals surface area contributed by atoms with Gasteiger partial charge >= 0.3 is 5.97 Å². The van der Waals surface area contributed by atoms with Crippen LogP contribution in [0.2, 0.25) is 0 Å². The van der Waals surface area contributed by atoms with Crippen LogP contribution < -0.4 is 0 Å². The molecule has 0 aliphatic rings. The summed E-state index contributed by atoms with van der Waals surface area (Å²) in [6.45, 7) is 11.9. The average Bonchev–Trinajstić information content (AvgIpc) is 2.37. The second kappa shape index (κ2) is 10.2. The number of carbonyl (C=O) groups excluding carboxylic acids is 1. The van der Waals surface area contributed by atoms with E-state index in [2.05, 4.69) is 0 Å². The van der Waals surface area contributed by atoms with Crippen molar-refractivity contribution >= 4 is 5.97 Å². The fourth-order valence-corrected chi connectivity index (χ4v) is 1.33. The minimum absolute atomic E-state index is 0.0552. The molecule has 0 rings (SSSR count). The summed E-state index contributed by atoms with van der Waals surface area (Å²) in [5, 5.41) is 0. The zero-order valence-corrected chi connectivity index (χ0v) is 13.3. The van der Waals surface area contributed by atoms with Crippen LogP contribution in [0.3, 0.4) is 0 Å². The van der Waals surface area contributed by atoms with E-state index < -0.39 is 6.29 Å². The summed E-state index contributed by atoms with van der Waals surface area (Å²) in [5.41, 5.74) is 0. The van der Waals surface area contributed by atoms with E-state index in [9.17, 15) is 4.79 Å². The first-order valence-corrected chi connectivity index (χ1v) is 7.43. The molecule has 0 bridgehead atoms. The summed E-state index contributed by atoms with van der Waals surface area (Å²) in [6.07, 6.45) is 2.33. The van der Waals surface area contributed by atoms with Crippen molar-refractivity contribution in [3.05, 3.63) is 0 Å². The minimum Gasteiger partial charge on any atom is -0.463 e. The maximum Gasteiger partial charge on any atom is 0.311 e. The van der Waals surface area contributed by atoms with Gasteiger partial charge in [-0.2, -0.15) is 0 Å². The molecule has 0 heterocycles. The zero-order valence-electron chi connectivity index (χ0n) is 13.3. The van der Waals surface area contributed by atoms with Gasteiger partial charge in [0.05, 0.1) is 24.7 Å². The lowest BCUT2D eigenvalue weighted by atomic mass is 10.3. The van der Waals surface area contributed by atoms with Crippen LogP contribution in [0.4, 0.5) is 0 Å². The highest BCUT2D eigenvalue weighted by atomic mass is 16.7. The maximum atomic E-state index is 11.8. The van der Waals surface area contributed by atoms with Crippen molar-refractivity contribution in [1.29, 1.82) is 0 Å². The first-order valence-electron chi connectivity index (χ1n) is 7.43. The van der Waals surface area contributed by atoms with Crippen LogP contribution in [0.1, 0.15) is 67.2 Å². The standard InChI is InChI=1S/C15H30O4/c1-7-11(4)17-14(16)10-15(18-12(5)8-2)19-13(6)9-3/h11-13,15H,7-10H2,1-6H3. The Labute approximate surface area is 117 Å². The first kappa shape index (κ1) is 18.4. The molecule has 0 saturated heterocycles. The van der Waals surface area contributed by atoms with Crippen molar-refractivity contribution in [2.75, 3.05) is 0 Å². The number of carbonyl (C=O) groups is 1. The molecule has 4 heteroatoms. The van der Waals surface area contributed by atoms with Crippen LogP contribution in [0.15, 0.2) is 0 Å². The molecule has 4 nitrogen and oxygen atoms in total. The summed E-state index contributed by atoms with van der Waals surface area (Å²) in [7, 11) is 0. The van der Waals surface area contributed by atoms with Crippen molar-refractivity contribution in [3.63, 3.8) is 0 Å². The second-order valence-corrected chi connectivity index (χ2v) is 5.05. The topological polar surface area (TPSA) is 44.8 Å². The van der Waals surface area contributed by atoms with Crippen LogP contribution in [-0.4, -0.2) is 30.6 Å². The summed E-state index contributed by atoms with van der Waals surface area (Å²) < 4.78 is 16.7. The molecular weight excluding hydrogens is 244 g/mol. The Morgan fingerprint density at radius 1 is 0.842 bits per heavy atom. The van der Waals surface area contributed by atoms with Crippen molar-refractivity contribution in [1.82, 2.24) is 0 Å². The molecule has 0 amide bonds. The third kappa shape index (κ3) is 9.00. The van der Waals surface area contributed by atoms with Gasteiger partial charge in [-0.3, -0.25) is 4.79 Å². The fraction of sp³-hybridized carbons (Fsp3) is 0.933. The monoisotopic (exact) mass is 274 g/mol. The van der Waals surface area contributed by atoms with Gasteiger partial charge < -0.3 is 14.2 Å². The van der Waals surface area contributed by atoms with E-state index in [0.717, 1.165) is 19.3 Å². The van der Waals surface area contributed by atoms with Gasteiger partial charge in [-0.1, -0.05) is 20.8 Å². The predicted molar refractivity (Wildman–Crippen MR) is 75.9 cm³/mol. The number of ether oxygens (including phenoxy) is 3. The Morgan fingerprint density at radius 2 is 1.26 bits per heavy atom. The highest BCUT2D eigenvalue weighted by Crippen LogP contribution is 2.13. The van der Waals surface area contributed by atoms with Crippen LogP contribution >= 0.6 is 0 Å².